The molecular weight excluding hydrogens is 458 g/mol. The first-order chi connectivity index (χ1) is 14.8. The third-order valence-corrected chi connectivity index (χ3v) is 5.91. The molecule has 0 aliphatic rings. The maximum absolute atomic E-state index is 14.1. The number of halogens is 4. The highest BCUT2D eigenvalue weighted by molar-refractivity contribution is 7.98. The second kappa shape index (κ2) is 8.23. The van der Waals surface area contributed by atoms with Crippen molar-refractivity contribution in [2.24, 2.45) is 0 Å². The van der Waals surface area contributed by atoms with Crippen molar-refractivity contribution in [3.05, 3.63) is 63.4 Å². The van der Waals surface area contributed by atoms with Crippen LogP contribution in [0.3, 0.4) is 0 Å². The summed E-state index contributed by atoms with van der Waals surface area (Å²) in [5.41, 5.74) is 0.964. The summed E-state index contributed by atoms with van der Waals surface area (Å²) in [5, 5.41) is 0.141. The Bertz CT molecular complexity index is 1310. The first kappa shape index (κ1) is 21.2. The molecule has 0 saturated heterocycles. The van der Waals surface area contributed by atoms with Crippen LogP contribution in [-0.4, -0.2) is 31.6 Å². The molecule has 0 saturated carbocycles. The van der Waals surface area contributed by atoms with Gasteiger partial charge >= 0.3 is 6.18 Å². The van der Waals surface area contributed by atoms with Crippen molar-refractivity contribution in [3.63, 3.8) is 0 Å². The van der Waals surface area contributed by atoms with Crippen molar-refractivity contribution in [3.8, 4) is 11.7 Å². The Morgan fingerprint density at radius 1 is 1.16 bits per heavy atom. The number of fused-ring (bicyclic) bond motifs is 1. The Labute approximate surface area is 179 Å². The van der Waals surface area contributed by atoms with E-state index in [4.69, 9.17) is 4.74 Å². The quantitative estimate of drug-likeness (QED) is 0.247. The number of methoxy groups -OCH3 is 1. The highest BCUT2D eigenvalue weighted by Gasteiger charge is 2.30. The predicted octanol–water partition coefficient (Wildman–Crippen LogP) is 4.09. The zero-order valence-corrected chi connectivity index (χ0v) is 17.2. The van der Waals surface area contributed by atoms with Crippen molar-refractivity contribution in [2.45, 2.75) is 17.1 Å². The Morgan fingerprint density at radius 2 is 1.90 bits per heavy atom. The van der Waals surface area contributed by atoms with Crippen LogP contribution in [0.2, 0.25) is 0 Å². The first-order valence-corrected chi connectivity index (χ1v) is 10.4. The number of aromatic nitrogens is 5. The zero-order chi connectivity index (χ0) is 22.2. The van der Waals surface area contributed by atoms with Gasteiger partial charge in [0.25, 0.3) is 17.4 Å². The summed E-state index contributed by atoms with van der Waals surface area (Å²) in [7, 11) is 1.23. The lowest BCUT2D eigenvalue weighted by Crippen LogP contribution is -2.22. The van der Waals surface area contributed by atoms with Crippen molar-refractivity contribution >= 4 is 33.4 Å². The minimum absolute atomic E-state index is 0.110. The molecule has 3 aromatic heterocycles. The van der Waals surface area contributed by atoms with Gasteiger partial charge in [0.05, 0.1) is 24.4 Å². The van der Waals surface area contributed by atoms with Gasteiger partial charge in [0.1, 0.15) is 4.70 Å². The average Bonchev–Trinajstić information content (AvgIpc) is 3.21. The molecular formula is C18H11F4N5O2S2. The lowest BCUT2D eigenvalue weighted by Gasteiger charge is -2.12. The molecule has 0 bridgehead atoms. The number of hydrogen-bond acceptors (Lipinski definition) is 8. The number of nitrogens with zero attached hydrogens (tertiary/aromatic N) is 5. The third kappa shape index (κ3) is 4.23. The molecule has 31 heavy (non-hydrogen) atoms. The van der Waals surface area contributed by atoms with Crippen molar-refractivity contribution in [1.29, 1.82) is 0 Å². The Kier molecular flexibility index (Phi) is 5.62. The maximum Gasteiger partial charge on any atom is 0.416 e. The van der Waals surface area contributed by atoms with Gasteiger partial charge in [-0.1, -0.05) is 23.9 Å². The van der Waals surface area contributed by atoms with Gasteiger partial charge in [0, 0.05) is 5.75 Å². The van der Waals surface area contributed by atoms with E-state index >= 15 is 0 Å². The molecule has 0 aliphatic heterocycles. The molecule has 0 spiro atoms. The molecule has 0 radical (unpaired) electrons. The predicted molar refractivity (Wildman–Crippen MR) is 106 cm³/mol. The van der Waals surface area contributed by atoms with Crippen molar-refractivity contribution in [2.75, 3.05) is 7.11 Å². The Balaban J connectivity index is 1.72. The summed E-state index contributed by atoms with van der Waals surface area (Å²) in [6.45, 7) is 0. The SMILES string of the molecule is COc1ncc(-n2c(SCc3ccc(C(F)(F)F)cc3)nc3ncsc3c2=O)nc1F. The van der Waals surface area contributed by atoms with Gasteiger partial charge < -0.3 is 4.74 Å². The van der Waals surface area contributed by atoms with Gasteiger partial charge in [-0.3, -0.25) is 4.79 Å². The molecule has 4 rings (SSSR count). The Morgan fingerprint density at radius 3 is 2.55 bits per heavy atom. The highest BCUT2D eigenvalue weighted by Crippen LogP contribution is 2.30. The van der Waals surface area contributed by atoms with Crippen LogP contribution < -0.4 is 10.3 Å². The summed E-state index contributed by atoms with van der Waals surface area (Å²) in [4.78, 5) is 28.9. The first-order valence-electron chi connectivity index (χ1n) is 8.50. The summed E-state index contributed by atoms with van der Waals surface area (Å²) in [5.74, 6) is -1.25. The van der Waals surface area contributed by atoms with Crippen LogP contribution in [0.15, 0.2) is 45.9 Å². The standard InChI is InChI=1S/C18H11F4N5O2S2/c1-29-15-13(19)25-11(6-23-15)27-16(28)12-14(24-8-31-12)26-17(27)30-7-9-2-4-10(5-3-9)18(20,21)22/h2-6,8H,7H2,1H3. The number of thiazole rings is 1. The van der Waals surface area contributed by atoms with Gasteiger partial charge in [0.2, 0.25) is 0 Å². The number of thioether (sulfide) groups is 1. The van der Waals surface area contributed by atoms with Crippen LogP contribution in [0.5, 0.6) is 5.88 Å². The van der Waals surface area contributed by atoms with Crippen LogP contribution in [0, 0.1) is 5.95 Å². The molecule has 3 heterocycles. The maximum atomic E-state index is 14.1. The molecule has 1 aromatic carbocycles. The third-order valence-electron chi connectivity index (χ3n) is 4.10. The molecule has 0 atom stereocenters. The monoisotopic (exact) mass is 469 g/mol. The minimum atomic E-state index is -4.43. The van der Waals surface area contributed by atoms with Crippen molar-refractivity contribution in [1.82, 2.24) is 24.5 Å². The molecule has 0 amide bonds. The topological polar surface area (TPSA) is 82.8 Å². The molecule has 0 N–H and O–H groups in total. The summed E-state index contributed by atoms with van der Waals surface area (Å²) in [6, 6.07) is 4.63. The van der Waals surface area contributed by atoms with Gasteiger partial charge in [-0.2, -0.15) is 22.5 Å². The Hall–Kier alpha value is -3.06. The van der Waals surface area contributed by atoms with Gasteiger partial charge in [0.15, 0.2) is 16.6 Å². The van der Waals surface area contributed by atoms with E-state index in [-0.39, 0.29) is 33.0 Å². The summed E-state index contributed by atoms with van der Waals surface area (Å²) < 4.78 is 58.4. The van der Waals surface area contributed by atoms with Crippen LogP contribution in [0.1, 0.15) is 11.1 Å². The van der Waals surface area contributed by atoms with Gasteiger partial charge in [-0.05, 0) is 17.7 Å². The van der Waals surface area contributed by atoms with Gasteiger partial charge in [-0.25, -0.2) is 19.5 Å². The molecule has 13 heteroatoms. The average molecular weight is 469 g/mol. The number of ether oxygens (including phenoxy) is 1. The van der Waals surface area contributed by atoms with Crippen molar-refractivity contribution < 1.29 is 22.3 Å². The fraction of sp³-hybridized carbons (Fsp3) is 0.167. The lowest BCUT2D eigenvalue weighted by molar-refractivity contribution is -0.137. The summed E-state index contributed by atoms with van der Waals surface area (Å²) >= 11 is 2.14. The van der Waals surface area contributed by atoms with Gasteiger partial charge in [-0.15, -0.1) is 11.3 Å². The normalized spacial score (nSPS) is 11.8. The second-order valence-electron chi connectivity index (χ2n) is 6.05. The molecule has 160 valence electrons. The van der Waals surface area contributed by atoms with Crippen LogP contribution in [0.4, 0.5) is 17.6 Å². The van der Waals surface area contributed by atoms with E-state index in [2.05, 4.69) is 19.9 Å². The fourth-order valence-corrected chi connectivity index (χ4v) is 4.22. The molecule has 7 nitrogen and oxygen atoms in total. The van der Waals surface area contributed by atoms with E-state index in [9.17, 15) is 22.4 Å². The lowest BCUT2D eigenvalue weighted by atomic mass is 10.1. The molecule has 0 unspecified atom stereocenters. The molecule has 0 fully saturated rings. The minimum Gasteiger partial charge on any atom is -0.478 e. The van der Waals surface area contributed by atoms with E-state index in [1.165, 1.54) is 30.9 Å². The van der Waals surface area contributed by atoms with E-state index in [0.717, 1.165) is 39.8 Å². The second-order valence-corrected chi connectivity index (χ2v) is 7.85. The highest BCUT2D eigenvalue weighted by atomic mass is 32.2. The van der Waals surface area contributed by atoms with Crippen LogP contribution >= 0.6 is 23.1 Å². The van der Waals surface area contributed by atoms with Crippen LogP contribution in [0.25, 0.3) is 16.2 Å². The molecule has 0 aliphatic carbocycles. The summed E-state index contributed by atoms with van der Waals surface area (Å²) in [6.07, 6.45) is -3.26. The number of alkyl halides is 3. The van der Waals surface area contributed by atoms with E-state index in [1.807, 2.05) is 0 Å². The fourth-order valence-electron chi connectivity index (χ4n) is 2.62. The van der Waals surface area contributed by atoms with Crippen LogP contribution in [-0.2, 0) is 11.9 Å². The van der Waals surface area contributed by atoms with E-state index in [1.54, 1.807) is 0 Å². The van der Waals surface area contributed by atoms with E-state index in [0.29, 0.717) is 5.56 Å². The molecule has 4 aromatic rings. The largest absolute Gasteiger partial charge is 0.478 e. The number of hydrogen-bond donors (Lipinski definition) is 0. The number of benzene rings is 1. The smallest absolute Gasteiger partial charge is 0.416 e. The zero-order valence-electron chi connectivity index (χ0n) is 15.6. The number of rotatable bonds is 5. The van der Waals surface area contributed by atoms with E-state index < -0.39 is 23.2 Å².